The van der Waals surface area contributed by atoms with E-state index in [4.69, 9.17) is 11.7 Å². The molecule has 0 saturated heterocycles. The van der Waals surface area contributed by atoms with Crippen molar-refractivity contribution in [2.75, 3.05) is 21.6 Å². The van der Waals surface area contributed by atoms with Gasteiger partial charge in [-0.05, 0) is 24.3 Å². The maximum absolute atomic E-state index is 14.3. The molecule has 31 heavy (non-hydrogen) atoms. The zero-order valence-electron chi connectivity index (χ0n) is 16.3. The van der Waals surface area contributed by atoms with Crippen LogP contribution in [0, 0.1) is 5.82 Å². The van der Waals surface area contributed by atoms with Crippen LogP contribution in [0.15, 0.2) is 59.8 Å². The number of hydrogen-bond acceptors (Lipinski definition) is 9. The van der Waals surface area contributed by atoms with Crippen molar-refractivity contribution in [3.05, 3.63) is 66.1 Å². The van der Waals surface area contributed by atoms with Crippen LogP contribution in [0.4, 0.5) is 33.2 Å². The molecule has 2 aromatic carbocycles. The first kappa shape index (κ1) is 21.7. The van der Waals surface area contributed by atoms with E-state index in [1.807, 2.05) is 0 Å². The summed E-state index contributed by atoms with van der Waals surface area (Å²) >= 11 is 0. The fourth-order valence-electron chi connectivity index (χ4n) is 2.59. The van der Waals surface area contributed by atoms with Gasteiger partial charge in [0.25, 0.3) is 0 Å². The van der Waals surface area contributed by atoms with Gasteiger partial charge in [-0.25, -0.2) is 23.6 Å². The minimum Gasteiger partial charge on any atom is -0.336 e. The van der Waals surface area contributed by atoms with Crippen LogP contribution in [0.5, 0.6) is 0 Å². The lowest BCUT2D eigenvalue weighted by Gasteiger charge is -2.14. The minimum atomic E-state index is -3.53. The second-order valence-electron chi connectivity index (χ2n) is 6.26. The number of hydrogen-bond donors (Lipinski definition) is 6. The highest BCUT2D eigenvalue weighted by molar-refractivity contribution is 7.92. The summed E-state index contributed by atoms with van der Waals surface area (Å²) < 4.78 is 39.8. The van der Waals surface area contributed by atoms with Crippen LogP contribution < -0.4 is 32.5 Å². The zero-order valence-corrected chi connectivity index (χ0v) is 17.1. The highest BCUT2D eigenvalue weighted by atomic mass is 32.2. The predicted octanol–water partition coefficient (Wildman–Crippen LogP) is 1.56. The second kappa shape index (κ2) is 9.23. The Balaban J connectivity index is 1.87. The number of nitrogens with zero attached hydrogens (tertiary/aromatic N) is 3. The predicted molar refractivity (Wildman–Crippen MR) is 118 cm³/mol. The van der Waals surface area contributed by atoms with E-state index in [2.05, 4.69) is 35.9 Å². The van der Waals surface area contributed by atoms with E-state index in [1.165, 1.54) is 6.07 Å². The summed E-state index contributed by atoms with van der Waals surface area (Å²) in [5, 5.41) is 9.28. The maximum Gasteiger partial charge on any atom is 0.229 e. The lowest BCUT2D eigenvalue weighted by molar-refractivity contribution is 0.607. The number of hydrazone groups is 1. The summed E-state index contributed by atoms with van der Waals surface area (Å²) in [4.78, 5) is 8.06. The van der Waals surface area contributed by atoms with Crippen molar-refractivity contribution in [2.45, 2.75) is 0 Å². The van der Waals surface area contributed by atoms with Gasteiger partial charge in [-0.3, -0.25) is 4.72 Å². The Labute approximate surface area is 177 Å². The molecule has 8 N–H and O–H groups in total. The highest BCUT2D eigenvalue weighted by Gasteiger charge is 2.12. The first-order valence-corrected chi connectivity index (χ1v) is 10.7. The Morgan fingerprint density at radius 1 is 1.10 bits per heavy atom. The normalized spacial score (nSPS) is 11.6. The van der Waals surface area contributed by atoms with Gasteiger partial charge in [0.2, 0.25) is 16.0 Å². The van der Waals surface area contributed by atoms with Gasteiger partial charge in [0.1, 0.15) is 0 Å². The standard InChI is InChI=1S/C18H20FN9O2S/c1-31(29,30)28-15-8-3-2-7-14(15)24-17-13(19)10-22-18(25-17)23-12-6-4-5-11(9-12)16(26-20)27-21/h2-10,28H,20-21H2,1H3,(H,26,27)(H2,22,23,24,25). The molecule has 1 aromatic heterocycles. The first-order valence-electron chi connectivity index (χ1n) is 8.77. The molecule has 0 bridgehead atoms. The van der Waals surface area contributed by atoms with Crippen molar-refractivity contribution in [3.63, 3.8) is 0 Å². The van der Waals surface area contributed by atoms with Gasteiger partial charge in [-0.15, -0.1) is 0 Å². The Kier molecular flexibility index (Phi) is 6.47. The lowest BCUT2D eigenvalue weighted by Crippen LogP contribution is -2.32. The average Bonchev–Trinajstić information content (AvgIpc) is 2.72. The zero-order chi connectivity index (χ0) is 22.4. The molecule has 1 heterocycles. The number of benzene rings is 2. The van der Waals surface area contributed by atoms with Crippen molar-refractivity contribution in [1.29, 1.82) is 0 Å². The third-order valence-corrected chi connectivity index (χ3v) is 4.47. The molecule has 0 aliphatic heterocycles. The Hall–Kier alpha value is -3.97. The van der Waals surface area contributed by atoms with E-state index in [9.17, 15) is 12.8 Å². The smallest absolute Gasteiger partial charge is 0.229 e. The molecular formula is C18H20FN9O2S. The van der Waals surface area contributed by atoms with Gasteiger partial charge in [0.05, 0.1) is 23.8 Å². The number of aromatic nitrogens is 2. The fourth-order valence-corrected chi connectivity index (χ4v) is 3.17. The maximum atomic E-state index is 14.3. The second-order valence-corrected chi connectivity index (χ2v) is 8.01. The van der Waals surface area contributed by atoms with Gasteiger partial charge >= 0.3 is 0 Å². The van der Waals surface area contributed by atoms with Crippen LogP contribution in [0.2, 0.25) is 0 Å². The summed E-state index contributed by atoms with van der Waals surface area (Å²) in [6, 6.07) is 13.3. The molecule has 3 rings (SSSR count). The number of sulfonamides is 1. The van der Waals surface area contributed by atoms with Gasteiger partial charge < -0.3 is 21.9 Å². The molecule has 0 atom stereocenters. The number of amidine groups is 1. The summed E-state index contributed by atoms with van der Waals surface area (Å²) in [5.74, 6) is 10.2. The van der Waals surface area contributed by atoms with E-state index >= 15 is 0 Å². The number of halogens is 1. The third-order valence-electron chi connectivity index (χ3n) is 3.88. The van der Waals surface area contributed by atoms with Gasteiger partial charge in [-0.1, -0.05) is 24.3 Å². The summed E-state index contributed by atoms with van der Waals surface area (Å²) in [5.41, 5.74) is 4.12. The van der Waals surface area contributed by atoms with Crippen molar-refractivity contribution in [1.82, 2.24) is 15.4 Å². The Bertz CT molecular complexity index is 1220. The van der Waals surface area contributed by atoms with E-state index in [-0.39, 0.29) is 23.3 Å². The molecule has 0 aliphatic rings. The Morgan fingerprint density at radius 3 is 2.52 bits per heavy atom. The highest BCUT2D eigenvalue weighted by Crippen LogP contribution is 2.27. The summed E-state index contributed by atoms with van der Waals surface area (Å²) in [6.45, 7) is 0. The fraction of sp³-hybridized carbons (Fsp3) is 0.0556. The van der Waals surface area contributed by atoms with Crippen LogP contribution in [0.25, 0.3) is 0 Å². The number of nitrogens with two attached hydrogens (primary N) is 2. The molecule has 0 unspecified atom stereocenters. The number of hydrazine groups is 1. The molecule has 0 fully saturated rings. The molecule has 0 amide bonds. The van der Waals surface area contributed by atoms with Gasteiger partial charge in [0.15, 0.2) is 17.5 Å². The number of para-hydroxylation sites is 2. The van der Waals surface area contributed by atoms with E-state index in [0.29, 0.717) is 16.9 Å². The van der Waals surface area contributed by atoms with Gasteiger partial charge in [-0.2, -0.15) is 10.1 Å². The average molecular weight is 445 g/mol. The van der Waals surface area contributed by atoms with E-state index in [0.717, 1.165) is 12.5 Å². The quantitative estimate of drug-likeness (QED) is 0.136. The van der Waals surface area contributed by atoms with Crippen LogP contribution in [0.3, 0.4) is 0 Å². The molecular weight excluding hydrogens is 425 g/mol. The first-order chi connectivity index (χ1) is 14.8. The van der Waals surface area contributed by atoms with Crippen molar-refractivity contribution < 1.29 is 12.8 Å². The molecule has 0 aliphatic carbocycles. The lowest BCUT2D eigenvalue weighted by atomic mass is 10.2. The molecule has 3 aromatic rings. The number of rotatable bonds is 7. The molecule has 0 saturated carbocycles. The van der Waals surface area contributed by atoms with Crippen LogP contribution >= 0.6 is 0 Å². The van der Waals surface area contributed by atoms with E-state index < -0.39 is 15.8 Å². The molecule has 11 nitrogen and oxygen atoms in total. The van der Waals surface area contributed by atoms with E-state index in [1.54, 1.807) is 42.5 Å². The summed E-state index contributed by atoms with van der Waals surface area (Å²) in [6.07, 6.45) is 2.01. The molecule has 162 valence electrons. The minimum absolute atomic E-state index is 0.0987. The largest absolute Gasteiger partial charge is 0.336 e. The summed E-state index contributed by atoms with van der Waals surface area (Å²) in [7, 11) is -3.53. The van der Waals surface area contributed by atoms with Crippen molar-refractivity contribution in [2.24, 2.45) is 16.8 Å². The number of anilines is 5. The molecule has 13 heteroatoms. The van der Waals surface area contributed by atoms with Crippen molar-refractivity contribution in [3.8, 4) is 0 Å². The molecule has 0 radical (unpaired) electrons. The molecule has 0 spiro atoms. The van der Waals surface area contributed by atoms with Crippen LogP contribution in [0.1, 0.15) is 5.56 Å². The van der Waals surface area contributed by atoms with Crippen molar-refractivity contribution >= 4 is 44.7 Å². The van der Waals surface area contributed by atoms with Crippen LogP contribution in [-0.2, 0) is 10.0 Å². The topological polar surface area (TPSA) is 172 Å². The van der Waals surface area contributed by atoms with Crippen LogP contribution in [-0.4, -0.2) is 30.5 Å². The number of nitrogens with one attached hydrogen (secondary N) is 4. The Morgan fingerprint density at radius 2 is 1.84 bits per heavy atom. The van der Waals surface area contributed by atoms with Gasteiger partial charge in [0, 0.05) is 11.3 Å². The third kappa shape index (κ3) is 5.77. The monoisotopic (exact) mass is 445 g/mol. The SMILES string of the molecule is CS(=O)(=O)Nc1ccccc1Nc1nc(Nc2cccc(/C(=N/N)NN)c2)ncc1F.